The van der Waals surface area contributed by atoms with Gasteiger partial charge < -0.3 is 19.9 Å². The summed E-state index contributed by atoms with van der Waals surface area (Å²) in [5.41, 5.74) is 0. The van der Waals surface area contributed by atoms with Crippen molar-refractivity contribution in [1.82, 2.24) is 5.32 Å². The molecule has 2 N–H and O–H groups in total. The van der Waals surface area contributed by atoms with Gasteiger partial charge in [0.25, 0.3) is 0 Å². The lowest BCUT2D eigenvalue weighted by molar-refractivity contribution is -0.144. The van der Waals surface area contributed by atoms with Crippen LogP contribution in [0.15, 0.2) is 0 Å². The van der Waals surface area contributed by atoms with Gasteiger partial charge in [-0.05, 0) is 12.8 Å². The summed E-state index contributed by atoms with van der Waals surface area (Å²) in [5, 5.41) is 11.8. The van der Waals surface area contributed by atoms with Gasteiger partial charge in [-0.1, -0.05) is 12.8 Å². The predicted octanol–water partition coefficient (Wildman–Crippen LogP) is 0.657. The van der Waals surface area contributed by atoms with Gasteiger partial charge in [0, 0.05) is 19.6 Å². The molecule has 1 aliphatic rings. The Labute approximate surface area is 113 Å². The summed E-state index contributed by atoms with van der Waals surface area (Å²) in [5.74, 6) is -1.63. The Morgan fingerprint density at radius 1 is 1.32 bits per heavy atom. The van der Waals surface area contributed by atoms with Gasteiger partial charge in [0.1, 0.15) is 0 Å². The fraction of sp³-hybridized carbons (Fsp3) is 0.846. The average molecular weight is 273 g/mol. The maximum absolute atomic E-state index is 11.8. The lowest BCUT2D eigenvalue weighted by atomic mass is 10.1. The highest BCUT2D eigenvalue weighted by molar-refractivity contribution is 5.79. The number of hydrogen-bond acceptors (Lipinski definition) is 4. The normalized spacial score (nSPS) is 17.3. The Kier molecular flexibility index (Phi) is 7.43. The lowest BCUT2D eigenvalue weighted by Gasteiger charge is -2.15. The molecule has 1 atom stereocenters. The van der Waals surface area contributed by atoms with Crippen LogP contribution in [-0.2, 0) is 19.1 Å². The van der Waals surface area contributed by atoms with Crippen LogP contribution in [0.25, 0.3) is 0 Å². The van der Waals surface area contributed by atoms with Gasteiger partial charge in [0.2, 0.25) is 5.91 Å². The van der Waals surface area contributed by atoms with Crippen molar-refractivity contribution in [2.75, 3.05) is 33.5 Å². The van der Waals surface area contributed by atoms with Gasteiger partial charge in [0.05, 0.1) is 25.7 Å². The van der Waals surface area contributed by atoms with E-state index in [0.29, 0.717) is 13.2 Å². The van der Waals surface area contributed by atoms with Crippen LogP contribution in [0.4, 0.5) is 0 Å². The van der Waals surface area contributed by atoms with Gasteiger partial charge in [0.15, 0.2) is 0 Å². The molecule has 0 bridgehead atoms. The summed E-state index contributed by atoms with van der Waals surface area (Å²) in [7, 11) is 1.56. The second-order valence-electron chi connectivity index (χ2n) is 4.83. The summed E-state index contributed by atoms with van der Waals surface area (Å²) in [6.45, 7) is 0.999. The van der Waals surface area contributed by atoms with Gasteiger partial charge in [-0.15, -0.1) is 0 Å². The van der Waals surface area contributed by atoms with Crippen molar-refractivity contribution in [3.8, 4) is 0 Å². The fourth-order valence-corrected chi connectivity index (χ4v) is 2.14. The molecule has 0 radical (unpaired) electrons. The van der Waals surface area contributed by atoms with Crippen LogP contribution in [0.3, 0.4) is 0 Å². The molecule has 0 aromatic carbocycles. The third-order valence-electron chi connectivity index (χ3n) is 3.35. The van der Waals surface area contributed by atoms with E-state index in [-0.39, 0.29) is 25.0 Å². The first kappa shape index (κ1) is 15.9. The number of rotatable bonds is 9. The van der Waals surface area contributed by atoms with Gasteiger partial charge in [-0.3, -0.25) is 9.59 Å². The first-order chi connectivity index (χ1) is 9.15. The Bertz CT molecular complexity index is 289. The zero-order valence-corrected chi connectivity index (χ0v) is 11.4. The number of nitrogens with one attached hydrogen (secondary N) is 1. The zero-order chi connectivity index (χ0) is 14.1. The minimum absolute atomic E-state index is 0.0272. The Balaban J connectivity index is 2.24. The van der Waals surface area contributed by atoms with E-state index >= 15 is 0 Å². The molecule has 1 aliphatic carbocycles. The van der Waals surface area contributed by atoms with Crippen molar-refractivity contribution in [3.63, 3.8) is 0 Å². The second-order valence-corrected chi connectivity index (χ2v) is 4.83. The summed E-state index contributed by atoms with van der Waals surface area (Å²) in [6.07, 6.45) is 3.99. The topological polar surface area (TPSA) is 84.9 Å². The molecule has 0 aromatic rings. The summed E-state index contributed by atoms with van der Waals surface area (Å²) in [4.78, 5) is 22.8. The highest BCUT2D eigenvalue weighted by atomic mass is 16.5. The Morgan fingerprint density at radius 2 is 2.00 bits per heavy atom. The van der Waals surface area contributed by atoms with E-state index in [2.05, 4.69) is 5.32 Å². The largest absolute Gasteiger partial charge is 0.481 e. The van der Waals surface area contributed by atoms with E-state index in [1.807, 2.05) is 0 Å². The number of carbonyl (C=O) groups is 2. The lowest BCUT2D eigenvalue weighted by Crippen LogP contribution is -2.38. The van der Waals surface area contributed by atoms with Crippen LogP contribution in [-0.4, -0.2) is 50.5 Å². The van der Waals surface area contributed by atoms with Gasteiger partial charge >= 0.3 is 5.97 Å². The second kappa shape index (κ2) is 8.87. The summed E-state index contributed by atoms with van der Waals surface area (Å²) < 4.78 is 10.0. The van der Waals surface area contributed by atoms with Crippen LogP contribution in [0.2, 0.25) is 0 Å². The maximum Gasteiger partial charge on any atom is 0.310 e. The first-order valence-corrected chi connectivity index (χ1v) is 6.72. The van der Waals surface area contributed by atoms with Crippen LogP contribution < -0.4 is 5.32 Å². The molecule has 0 heterocycles. The molecule has 1 unspecified atom stereocenters. The Hall–Kier alpha value is -1.14. The van der Waals surface area contributed by atoms with E-state index in [4.69, 9.17) is 14.6 Å². The standard InChI is InChI=1S/C13H23NO5/c1-18-6-7-19-9-11(13(16)17)8-14-12(15)10-4-2-3-5-10/h10-11H,2-9H2,1H3,(H,14,15)(H,16,17). The molecular formula is C13H23NO5. The van der Waals surface area contributed by atoms with Gasteiger partial charge in [-0.2, -0.15) is 0 Å². The maximum atomic E-state index is 11.8. The predicted molar refractivity (Wildman–Crippen MR) is 68.8 cm³/mol. The summed E-state index contributed by atoms with van der Waals surface area (Å²) >= 11 is 0. The number of hydrogen-bond donors (Lipinski definition) is 2. The van der Waals surface area contributed by atoms with Crippen LogP contribution in [0, 0.1) is 11.8 Å². The van der Waals surface area contributed by atoms with Crippen molar-refractivity contribution in [2.24, 2.45) is 11.8 Å². The van der Waals surface area contributed by atoms with E-state index in [1.165, 1.54) is 0 Å². The molecular weight excluding hydrogens is 250 g/mol. The molecule has 0 spiro atoms. The molecule has 1 saturated carbocycles. The minimum atomic E-state index is -0.955. The molecule has 1 fully saturated rings. The molecule has 0 saturated heterocycles. The molecule has 1 amide bonds. The smallest absolute Gasteiger partial charge is 0.310 e. The molecule has 0 aromatic heterocycles. The van der Waals surface area contributed by atoms with Crippen molar-refractivity contribution in [3.05, 3.63) is 0 Å². The van der Waals surface area contributed by atoms with Crippen LogP contribution in [0.1, 0.15) is 25.7 Å². The number of carbonyl (C=O) groups excluding carboxylic acids is 1. The molecule has 6 heteroatoms. The summed E-state index contributed by atoms with van der Waals surface area (Å²) in [6, 6.07) is 0. The SMILES string of the molecule is COCCOCC(CNC(=O)C1CCCC1)C(=O)O. The quantitative estimate of drug-likeness (QED) is 0.603. The number of carboxylic acids is 1. The monoisotopic (exact) mass is 273 g/mol. The zero-order valence-electron chi connectivity index (χ0n) is 11.4. The molecule has 0 aliphatic heterocycles. The van der Waals surface area contributed by atoms with E-state index in [0.717, 1.165) is 25.7 Å². The van der Waals surface area contributed by atoms with Crippen molar-refractivity contribution in [2.45, 2.75) is 25.7 Å². The molecule has 110 valence electrons. The number of carboxylic acid groups (broad SMARTS) is 1. The van der Waals surface area contributed by atoms with Crippen molar-refractivity contribution >= 4 is 11.9 Å². The third kappa shape index (κ3) is 6.02. The van der Waals surface area contributed by atoms with E-state index < -0.39 is 11.9 Å². The van der Waals surface area contributed by atoms with Gasteiger partial charge in [-0.25, -0.2) is 0 Å². The van der Waals surface area contributed by atoms with Crippen molar-refractivity contribution in [1.29, 1.82) is 0 Å². The average Bonchev–Trinajstić information content (AvgIpc) is 2.91. The molecule has 1 rings (SSSR count). The third-order valence-corrected chi connectivity index (χ3v) is 3.35. The van der Waals surface area contributed by atoms with E-state index in [1.54, 1.807) is 7.11 Å². The Morgan fingerprint density at radius 3 is 2.58 bits per heavy atom. The van der Waals surface area contributed by atoms with E-state index in [9.17, 15) is 9.59 Å². The number of aliphatic carboxylic acids is 1. The highest BCUT2D eigenvalue weighted by Gasteiger charge is 2.24. The first-order valence-electron chi connectivity index (χ1n) is 6.72. The number of amides is 1. The molecule has 6 nitrogen and oxygen atoms in total. The number of ether oxygens (including phenoxy) is 2. The van der Waals surface area contributed by atoms with Crippen molar-refractivity contribution < 1.29 is 24.2 Å². The minimum Gasteiger partial charge on any atom is -0.481 e. The number of methoxy groups -OCH3 is 1. The molecule has 19 heavy (non-hydrogen) atoms. The van der Waals surface area contributed by atoms with Crippen LogP contribution in [0.5, 0.6) is 0 Å². The highest BCUT2D eigenvalue weighted by Crippen LogP contribution is 2.24. The van der Waals surface area contributed by atoms with Crippen LogP contribution >= 0.6 is 0 Å². The fourth-order valence-electron chi connectivity index (χ4n) is 2.14.